The summed E-state index contributed by atoms with van der Waals surface area (Å²) in [7, 11) is -1.40. The molecule has 3 N–H and O–H groups in total. The molecule has 1 rings (SSSR count). The van der Waals surface area contributed by atoms with Gasteiger partial charge in [-0.15, -0.1) is 35.3 Å². The van der Waals surface area contributed by atoms with Gasteiger partial charge in [0.15, 0.2) is 5.96 Å². The standard InChI is InChI=1S/C13H25N5O2S2.HI/c1-10-11(2)21-12(18-10)6-9-16-13(14-3)15-7-5-8-17-22(4,19)20;/h17H,5-9H2,1-4H3,(H2,14,15,16);1H. The monoisotopic (exact) mass is 475 g/mol. The molecule has 0 radical (unpaired) electrons. The molecular formula is C13H26IN5O2S2. The predicted molar refractivity (Wildman–Crippen MR) is 108 cm³/mol. The number of thiazole rings is 1. The van der Waals surface area contributed by atoms with Crippen LogP contribution in [0.3, 0.4) is 0 Å². The molecule has 1 aromatic rings. The van der Waals surface area contributed by atoms with Crippen molar-refractivity contribution >= 4 is 51.3 Å². The average Bonchev–Trinajstić information content (AvgIpc) is 2.74. The molecule has 0 aromatic carbocycles. The Bertz CT molecular complexity index is 582. The van der Waals surface area contributed by atoms with Crippen molar-refractivity contribution in [2.75, 3.05) is 32.9 Å². The maximum absolute atomic E-state index is 10.9. The second-order valence-electron chi connectivity index (χ2n) is 4.95. The molecule has 23 heavy (non-hydrogen) atoms. The lowest BCUT2D eigenvalue weighted by Gasteiger charge is -2.11. The molecule has 10 heteroatoms. The van der Waals surface area contributed by atoms with Gasteiger partial charge in [0.2, 0.25) is 10.0 Å². The van der Waals surface area contributed by atoms with Crippen molar-refractivity contribution in [2.45, 2.75) is 26.7 Å². The van der Waals surface area contributed by atoms with E-state index in [9.17, 15) is 8.42 Å². The largest absolute Gasteiger partial charge is 0.356 e. The molecule has 0 bridgehead atoms. The van der Waals surface area contributed by atoms with Crippen LogP contribution in [0, 0.1) is 13.8 Å². The van der Waals surface area contributed by atoms with E-state index in [0.29, 0.717) is 25.5 Å². The van der Waals surface area contributed by atoms with E-state index in [2.05, 4.69) is 32.3 Å². The van der Waals surface area contributed by atoms with E-state index in [-0.39, 0.29) is 24.0 Å². The average molecular weight is 475 g/mol. The molecular weight excluding hydrogens is 449 g/mol. The Morgan fingerprint density at radius 3 is 2.39 bits per heavy atom. The number of aromatic nitrogens is 1. The number of nitrogens with one attached hydrogen (secondary N) is 3. The SMILES string of the molecule is CN=C(NCCCNS(C)(=O)=O)NCCc1nc(C)c(C)s1.I. The summed E-state index contributed by atoms with van der Waals surface area (Å²) in [5.41, 5.74) is 1.10. The van der Waals surface area contributed by atoms with Gasteiger partial charge in [-0.25, -0.2) is 18.1 Å². The summed E-state index contributed by atoms with van der Waals surface area (Å²) in [6.45, 7) is 5.93. The molecule has 0 spiro atoms. The number of halogens is 1. The molecule has 1 aromatic heterocycles. The van der Waals surface area contributed by atoms with Crippen molar-refractivity contribution in [1.29, 1.82) is 0 Å². The summed E-state index contributed by atoms with van der Waals surface area (Å²) < 4.78 is 24.3. The second kappa shape index (κ2) is 11.2. The number of guanidine groups is 1. The van der Waals surface area contributed by atoms with E-state index >= 15 is 0 Å². The fourth-order valence-corrected chi connectivity index (χ4v) is 3.16. The van der Waals surface area contributed by atoms with Gasteiger partial charge in [0.25, 0.3) is 0 Å². The zero-order chi connectivity index (χ0) is 16.6. The molecule has 0 aliphatic heterocycles. The van der Waals surface area contributed by atoms with E-state index in [0.717, 1.165) is 29.9 Å². The zero-order valence-corrected chi connectivity index (χ0v) is 17.9. The van der Waals surface area contributed by atoms with Crippen LogP contribution in [0.4, 0.5) is 0 Å². The van der Waals surface area contributed by atoms with Gasteiger partial charge < -0.3 is 10.6 Å². The van der Waals surface area contributed by atoms with Gasteiger partial charge in [-0.2, -0.15) is 0 Å². The smallest absolute Gasteiger partial charge is 0.208 e. The third kappa shape index (κ3) is 10.1. The van der Waals surface area contributed by atoms with Crippen LogP contribution >= 0.6 is 35.3 Å². The molecule has 0 atom stereocenters. The summed E-state index contributed by atoms with van der Waals surface area (Å²) in [5, 5.41) is 7.49. The van der Waals surface area contributed by atoms with Crippen molar-refractivity contribution in [3.63, 3.8) is 0 Å². The minimum atomic E-state index is -3.11. The summed E-state index contributed by atoms with van der Waals surface area (Å²) in [4.78, 5) is 9.88. The molecule has 0 aliphatic carbocycles. The number of hydrogen-bond acceptors (Lipinski definition) is 5. The van der Waals surface area contributed by atoms with Crippen LogP contribution in [-0.4, -0.2) is 52.3 Å². The normalized spacial score (nSPS) is 11.9. The zero-order valence-electron chi connectivity index (χ0n) is 14.0. The Morgan fingerprint density at radius 1 is 1.22 bits per heavy atom. The minimum Gasteiger partial charge on any atom is -0.356 e. The number of hydrogen-bond donors (Lipinski definition) is 3. The lowest BCUT2D eigenvalue weighted by atomic mass is 10.4. The highest BCUT2D eigenvalue weighted by Gasteiger charge is 2.04. The van der Waals surface area contributed by atoms with E-state index in [4.69, 9.17) is 0 Å². The Labute approximate surface area is 159 Å². The number of aryl methyl sites for hydroxylation is 2. The van der Waals surface area contributed by atoms with Gasteiger partial charge in [0.05, 0.1) is 17.0 Å². The Morgan fingerprint density at radius 2 is 1.87 bits per heavy atom. The van der Waals surface area contributed by atoms with Gasteiger partial charge in [-0.05, 0) is 20.3 Å². The van der Waals surface area contributed by atoms with Gasteiger partial charge in [-0.1, -0.05) is 0 Å². The lowest BCUT2D eigenvalue weighted by molar-refractivity contribution is 0.584. The van der Waals surface area contributed by atoms with Crippen molar-refractivity contribution < 1.29 is 8.42 Å². The number of aliphatic imine (C=N–C) groups is 1. The molecule has 0 unspecified atom stereocenters. The lowest BCUT2D eigenvalue weighted by Crippen LogP contribution is -2.39. The molecule has 0 saturated carbocycles. The first-order chi connectivity index (χ1) is 10.3. The first kappa shape index (κ1) is 22.5. The van der Waals surface area contributed by atoms with E-state index < -0.39 is 10.0 Å². The fourth-order valence-electron chi connectivity index (χ4n) is 1.71. The summed E-state index contributed by atoms with van der Waals surface area (Å²) in [5.74, 6) is 0.712. The minimum absolute atomic E-state index is 0. The summed E-state index contributed by atoms with van der Waals surface area (Å²) >= 11 is 1.72. The topological polar surface area (TPSA) is 95.5 Å². The predicted octanol–water partition coefficient (Wildman–Crippen LogP) is 1.02. The molecule has 0 aliphatic rings. The maximum atomic E-state index is 10.9. The molecule has 0 amide bonds. The van der Waals surface area contributed by atoms with Gasteiger partial charge in [0, 0.05) is 38.0 Å². The molecule has 7 nitrogen and oxygen atoms in total. The van der Waals surface area contributed by atoms with E-state index in [1.807, 2.05) is 6.92 Å². The number of nitrogens with zero attached hydrogens (tertiary/aromatic N) is 2. The Balaban J connectivity index is 0.00000484. The molecule has 0 saturated heterocycles. The summed E-state index contributed by atoms with van der Waals surface area (Å²) in [6.07, 6.45) is 2.71. The maximum Gasteiger partial charge on any atom is 0.208 e. The van der Waals surface area contributed by atoms with Gasteiger partial charge in [-0.3, -0.25) is 4.99 Å². The molecule has 0 fully saturated rings. The molecule has 1 heterocycles. The van der Waals surface area contributed by atoms with Crippen molar-refractivity contribution in [1.82, 2.24) is 20.3 Å². The van der Waals surface area contributed by atoms with Crippen LogP contribution in [0.5, 0.6) is 0 Å². The van der Waals surface area contributed by atoms with Crippen molar-refractivity contribution in [3.05, 3.63) is 15.6 Å². The highest BCUT2D eigenvalue weighted by Crippen LogP contribution is 2.16. The Kier molecular flexibility index (Phi) is 10.9. The second-order valence-corrected chi connectivity index (χ2v) is 8.07. The Hall–Kier alpha value is -0.460. The quantitative estimate of drug-likeness (QED) is 0.226. The van der Waals surface area contributed by atoms with Gasteiger partial charge >= 0.3 is 0 Å². The first-order valence-electron chi connectivity index (χ1n) is 7.14. The summed E-state index contributed by atoms with van der Waals surface area (Å²) in [6, 6.07) is 0. The first-order valence-corrected chi connectivity index (χ1v) is 9.84. The third-order valence-corrected chi connectivity index (χ3v) is 4.80. The van der Waals surface area contributed by atoms with E-state index in [1.165, 1.54) is 4.88 Å². The van der Waals surface area contributed by atoms with Crippen LogP contribution in [-0.2, 0) is 16.4 Å². The van der Waals surface area contributed by atoms with Crippen molar-refractivity contribution in [3.8, 4) is 0 Å². The van der Waals surface area contributed by atoms with Crippen LogP contribution in [0.25, 0.3) is 0 Å². The van der Waals surface area contributed by atoms with Crippen LogP contribution in [0.2, 0.25) is 0 Å². The molecule has 134 valence electrons. The van der Waals surface area contributed by atoms with Crippen LogP contribution in [0.1, 0.15) is 22.0 Å². The fraction of sp³-hybridized carbons (Fsp3) is 0.692. The third-order valence-electron chi connectivity index (χ3n) is 2.94. The number of rotatable bonds is 8. The highest BCUT2D eigenvalue weighted by atomic mass is 127. The van der Waals surface area contributed by atoms with Crippen LogP contribution < -0.4 is 15.4 Å². The highest BCUT2D eigenvalue weighted by molar-refractivity contribution is 14.0. The number of sulfonamides is 1. The van der Waals surface area contributed by atoms with E-state index in [1.54, 1.807) is 18.4 Å². The van der Waals surface area contributed by atoms with Gasteiger partial charge in [0.1, 0.15) is 0 Å². The van der Waals surface area contributed by atoms with Crippen molar-refractivity contribution in [2.24, 2.45) is 4.99 Å². The van der Waals surface area contributed by atoms with Crippen LogP contribution in [0.15, 0.2) is 4.99 Å².